The number of ether oxygens (including phenoxy) is 1. The molecule has 0 aromatic rings. The minimum atomic E-state index is -0.133. The van der Waals surface area contributed by atoms with E-state index in [0.29, 0.717) is 6.42 Å². The molecule has 0 spiro atoms. The molecule has 142 valence electrons. The molecule has 4 nitrogen and oxygen atoms in total. The maximum Gasteiger partial charge on any atom is 0.305 e. The highest BCUT2D eigenvalue weighted by molar-refractivity contribution is 5.76. The first-order valence-corrected chi connectivity index (χ1v) is 9.98. The molecule has 24 heavy (non-hydrogen) atoms. The molecule has 4 heteroatoms. The first-order chi connectivity index (χ1) is 11.6. The molecule has 0 fully saturated rings. The summed E-state index contributed by atoms with van der Waals surface area (Å²) in [6.07, 6.45) is 16.5. The largest absolute Gasteiger partial charge is 0.469 e. The average Bonchev–Trinajstić information content (AvgIpc) is 2.57. The number of carbonyl (C=O) groups excluding carboxylic acids is 2. The molecular weight excluding hydrogens is 302 g/mol. The molecule has 0 aliphatic heterocycles. The molecule has 2 N–H and O–H groups in total. The molecule has 0 saturated carbocycles. The second kappa shape index (κ2) is 16.8. The van der Waals surface area contributed by atoms with Gasteiger partial charge in [0.1, 0.15) is 0 Å². The SMILES string of the molecule is CCCCCCCCCC(CCCCCCCC(=O)OC)C(N)=O. The summed E-state index contributed by atoms with van der Waals surface area (Å²) in [6.45, 7) is 2.23. The van der Waals surface area contributed by atoms with E-state index in [-0.39, 0.29) is 17.8 Å². The quantitative estimate of drug-likeness (QED) is 0.294. The topological polar surface area (TPSA) is 69.4 Å². The number of nitrogens with two attached hydrogens (primary N) is 1. The smallest absolute Gasteiger partial charge is 0.305 e. The lowest BCUT2D eigenvalue weighted by molar-refractivity contribution is -0.140. The van der Waals surface area contributed by atoms with Gasteiger partial charge in [0.25, 0.3) is 0 Å². The Kier molecular flexibility index (Phi) is 16.0. The summed E-state index contributed by atoms with van der Waals surface area (Å²) in [7, 11) is 1.43. The van der Waals surface area contributed by atoms with Crippen LogP contribution in [0.5, 0.6) is 0 Å². The van der Waals surface area contributed by atoms with Gasteiger partial charge < -0.3 is 10.5 Å². The van der Waals surface area contributed by atoms with Gasteiger partial charge in [0.2, 0.25) is 5.91 Å². The highest BCUT2D eigenvalue weighted by atomic mass is 16.5. The van der Waals surface area contributed by atoms with Crippen molar-refractivity contribution in [1.82, 2.24) is 0 Å². The van der Waals surface area contributed by atoms with Crippen LogP contribution in [-0.4, -0.2) is 19.0 Å². The third kappa shape index (κ3) is 14.5. The van der Waals surface area contributed by atoms with E-state index in [4.69, 9.17) is 5.73 Å². The third-order valence-corrected chi connectivity index (χ3v) is 4.72. The number of methoxy groups -OCH3 is 1. The van der Waals surface area contributed by atoms with E-state index in [0.717, 1.165) is 51.4 Å². The van der Waals surface area contributed by atoms with Crippen molar-refractivity contribution in [2.45, 2.75) is 103 Å². The highest BCUT2D eigenvalue weighted by Gasteiger charge is 2.14. The first kappa shape index (κ1) is 22.9. The summed E-state index contributed by atoms with van der Waals surface area (Å²) in [5.74, 6) is -0.208. The number of unbranched alkanes of at least 4 members (excludes halogenated alkanes) is 10. The van der Waals surface area contributed by atoms with Gasteiger partial charge in [0.15, 0.2) is 0 Å². The van der Waals surface area contributed by atoms with Crippen LogP contribution in [0.1, 0.15) is 103 Å². The van der Waals surface area contributed by atoms with Gasteiger partial charge in [0, 0.05) is 12.3 Å². The Bertz CT molecular complexity index is 318. The Morgan fingerprint density at radius 3 is 1.71 bits per heavy atom. The minimum absolute atomic E-state index is 0.0516. The molecule has 0 aromatic carbocycles. The molecule has 0 rings (SSSR count). The molecule has 1 amide bonds. The highest BCUT2D eigenvalue weighted by Crippen LogP contribution is 2.19. The van der Waals surface area contributed by atoms with Crippen LogP contribution in [0.4, 0.5) is 0 Å². The molecule has 0 aromatic heterocycles. The summed E-state index contributed by atoms with van der Waals surface area (Å²) >= 11 is 0. The number of hydrogen-bond acceptors (Lipinski definition) is 3. The predicted octanol–water partition coefficient (Wildman–Crippen LogP) is 5.13. The van der Waals surface area contributed by atoms with E-state index in [1.54, 1.807) is 0 Å². The Hall–Kier alpha value is -1.06. The molecule has 0 saturated heterocycles. The summed E-state index contributed by atoms with van der Waals surface area (Å²) < 4.78 is 4.62. The standard InChI is InChI=1S/C20H39NO3/c1-3-4-5-6-7-9-12-15-18(20(21)23)16-13-10-8-11-14-17-19(22)24-2/h18H,3-17H2,1-2H3,(H2,21,23). The summed E-state index contributed by atoms with van der Waals surface area (Å²) in [5.41, 5.74) is 5.54. The molecule has 0 radical (unpaired) electrons. The van der Waals surface area contributed by atoms with Crippen LogP contribution in [0.3, 0.4) is 0 Å². The maximum absolute atomic E-state index is 11.5. The number of amides is 1. The van der Waals surface area contributed by atoms with E-state index < -0.39 is 0 Å². The van der Waals surface area contributed by atoms with Crippen LogP contribution in [0, 0.1) is 5.92 Å². The monoisotopic (exact) mass is 341 g/mol. The number of esters is 1. The van der Waals surface area contributed by atoms with Crippen molar-refractivity contribution in [3.05, 3.63) is 0 Å². The van der Waals surface area contributed by atoms with Crippen LogP contribution in [0.25, 0.3) is 0 Å². The molecular formula is C20H39NO3. The van der Waals surface area contributed by atoms with Gasteiger partial charge in [-0.25, -0.2) is 0 Å². The lowest BCUT2D eigenvalue weighted by Crippen LogP contribution is -2.23. The molecule has 1 atom stereocenters. The van der Waals surface area contributed by atoms with Crippen molar-refractivity contribution < 1.29 is 14.3 Å². The van der Waals surface area contributed by atoms with Gasteiger partial charge in [0.05, 0.1) is 7.11 Å². The molecule has 0 aliphatic rings. The van der Waals surface area contributed by atoms with Crippen molar-refractivity contribution in [2.75, 3.05) is 7.11 Å². The zero-order chi connectivity index (χ0) is 18.0. The summed E-state index contributed by atoms with van der Waals surface area (Å²) in [6, 6.07) is 0. The number of rotatable bonds is 17. The van der Waals surface area contributed by atoms with Crippen LogP contribution in [0.15, 0.2) is 0 Å². The van der Waals surface area contributed by atoms with Gasteiger partial charge in [-0.2, -0.15) is 0 Å². The second-order valence-electron chi connectivity index (χ2n) is 6.89. The Morgan fingerprint density at radius 1 is 0.792 bits per heavy atom. The predicted molar refractivity (Wildman–Crippen MR) is 99.6 cm³/mol. The van der Waals surface area contributed by atoms with E-state index in [9.17, 15) is 9.59 Å². The molecule has 0 bridgehead atoms. The van der Waals surface area contributed by atoms with Crippen LogP contribution < -0.4 is 5.73 Å². The average molecular weight is 342 g/mol. The Morgan fingerprint density at radius 2 is 1.25 bits per heavy atom. The minimum Gasteiger partial charge on any atom is -0.469 e. The lowest BCUT2D eigenvalue weighted by Gasteiger charge is -2.13. The van der Waals surface area contributed by atoms with E-state index in [2.05, 4.69) is 11.7 Å². The van der Waals surface area contributed by atoms with Crippen molar-refractivity contribution in [1.29, 1.82) is 0 Å². The number of carbonyl (C=O) groups is 2. The normalized spacial score (nSPS) is 12.1. The van der Waals surface area contributed by atoms with Gasteiger partial charge >= 0.3 is 5.97 Å². The van der Waals surface area contributed by atoms with Gasteiger partial charge in [-0.1, -0.05) is 77.6 Å². The zero-order valence-electron chi connectivity index (χ0n) is 16.0. The van der Waals surface area contributed by atoms with Crippen molar-refractivity contribution in [3.63, 3.8) is 0 Å². The first-order valence-electron chi connectivity index (χ1n) is 9.98. The van der Waals surface area contributed by atoms with Crippen molar-refractivity contribution >= 4 is 11.9 Å². The van der Waals surface area contributed by atoms with E-state index in [1.165, 1.54) is 45.6 Å². The van der Waals surface area contributed by atoms with Gasteiger partial charge in [-0.15, -0.1) is 0 Å². The fraction of sp³-hybridized carbons (Fsp3) is 0.900. The van der Waals surface area contributed by atoms with Crippen molar-refractivity contribution in [2.24, 2.45) is 11.7 Å². The van der Waals surface area contributed by atoms with Crippen LogP contribution >= 0.6 is 0 Å². The van der Waals surface area contributed by atoms with E-state index in [1.807, 2.05) is 0 Å². The Balaban J connectivity index is 3.56. The van der Waals surface area contributed by atoms with Gasteiger partial charge in [-0.3, -0.25) is 9.59 Å². The fourth-order valence-corrected chi connectivity index (χ4v) is 3.07. The third-order valence-electron chi connectivity index (χ3n) is 4.72. The Labute approximate surface area is 148 Å². The van der Waals surface area contributed by atoms with Crippen LogP contribution in [-0.2, 0) is 14.3 Å². The maximum atomic E-state index is 11.5. The van der Waals surface area contributed by atoms with Gasteiger partial charge in [-0.05, 0) is 19.3 Å². The number of primary amides is 1. The van der Waals surface area contributed by atoms with Crippen molar-refractivity contribution in [3.8, 4) is 0 Å². The number of hydrogen-bond donors (Lipinski definition) is 1. The fourth-order valence-electron chi connectivity index (χ4n) is 3.07. The molecule has 0 heterocycles. The lowest BCUT2D eigenvalue weighted by atomic mass is 9.93. The zero-order valence-corrected chi connectivity index (χ0v) is 16.0. The molecule has 0 aliphatic carbocycles. The van der Waals surface area contributed by atoms with Crippen LogP contribution in [0.2, 0.25) is 0 Å². The van der Waals surface area contributed by atoms with E-state index >= 15 is 0 Å². The molecule has 1 unspecified atom stereocenters. The summed E-state index contributed by atoms with van der Waals surface area (Å²) in [4.78, 5) is 22.5. The second-order valence-corrected chi connectivity index (χ2v) is 6.89. The summed E-state index contributed by atoms with van der Waals surface area (Å²) in [5, 5.41) is 0.